The fraction of sp³-hybridized carbons (Fsp3) is 0.643. The maximum Gasteiger partial charge on any atom is 0.305 e. The number of aliphatic carboxylic acids is 1. The SMILES string of the molecule is CC(C)C1CCC2(CC1)N=CC(=O)N2[C@H](CCC(C)(C)C)c1ccc(C(=O)NCCC(=O)O)cc1. The molecule has 1 spiro atoms. The van der Waals surface area contributed by atoms with Gasteiger partial charge in [-0.3, -0.25) is 19.4 Å². The molecule has 1 atom stereocenters. The van der Waals surface area contributed by atoms with Crippen molar-refractivity contribution >= 4 is 24.0 Å². The van der Waals surface area contributed by atoms with E-state index in [-0.39, 0.29) is 36.2 Å². The average Bonchev–Trinajstić information content (AvgIpc) is 3.09. The number of carboxylic acid groups (broad SMARTS) is 1. The van der Waals surface area contributed by atoms with Gasteiger partial charge in [0, 0.05) is 12.1 Å². The number of nitrogens with one attached hydrogen (secondary N) is 1. The van der Waals surface area contributed by atoms with Crippen molar-refractivity contribution in [3.8, 4) is 0 Å². The number of aliphatic imine (C=N–C) groups is 1. The van der Waals surface area contributed by atoms with Gasteiger partial charge >= 0.3 is 5.97 Å². The Bertz CT molecular complexity index is 938. The predicted molar refractivity (Wildman–Crippen MR) is 137 cm³/mol. The summed E-state index contributed by atoms with van der Waals surface area (Å²) in [6.45, 7) is 11.3. The van der Waals surface area contributed by atoms with E-state index in [1.54, 1.807) is 12.1 Å². The number of benzene rings is 1. The molecule has 35 heavy (non-hydrogen) atoms. The Morgan fingerprint density at radius 1 is 1.17 bits per heavy atom. The zero-order valence-corrected chi connectivity index (χ0v) is 21.8. The maximum absolute atomic E-state index is 13.2. The van der Waals surface area contributed by atoms with Crippen molar-refractivity contribution in [1.82, 2.24) is 10.2 Å². The first-order valence-electron chi connectivity index (χ1n) is 12.9. The highest BCUT2D eigenvalue weighted by Crippen LogP contribution is 2.47. The smallest absolute Gasteiger partial charge is 0.305 e. The van der Waals surface area contributed by atoms with Crippen LogP contribution in [0, 0.1) is 17.3 Å². The molecular formula is C28H41N3O4. The van der Waals surface area contributed by atoms with Gasteiger partial charge in [0.1, 0.15) is 5.66 Å². The minimum absolute atomic E-state index is 0.0256. The van der Waals surface area contributed by atoms with E-state index in [2.05, 4.69) is 39.9 Å². The summed E-state index contributed by atoms with van der Waals surface area (Å²) >= 11 is 0. The van der Waals surface area contributed by atoms with Crippen molar-refractivity contribution in [3.05, 3.63) is 35.4 Å². The minimum atomic E-state index is -0.948. The monoisotopic (exact) mass is 483 g/mol. The van der Waals surface area contributed by atoms with Gasteiger partial charge in [-0.05, 0) is 73.5 Å². The molecule has 7 heteroatoms. The summed E-state index contributed by atoms with van der Waals surface area (Å²) in [6.07, 6.45) is 7.07. The minimum Gasteiger partial charge on any atom is -0.481 e. The Balaban J connectivity index is 1.84. The zero-order valence-electron chi connectivity index (χ0n) is 21.8. The molecule has 1 aliphatic carbocycles. The molecule has 0 radical (unpaired) electrons. The van der Waals surface area contributed by atoms with Crippen LogP contribution in [0.25, 0.3) is 0 Å². The third-order valence-corrected chi connectivity index (χ3v) is 7.54. The van der Waals surface area contributed by atoms with Crippen LogP contribution < -0.4 is 5.32 Å². The Kier molecular flexibility index (Phi) is 8.39. The van der Waals surface area contributed by atoms with Crippen LogP contribution >= 0.6 is 0 Å². The Morgan fingerprint density at radius 3 is 2.34 bits per heavy atom. The van der Waals surface area contributed by atoms with Crippen molar-refractivity contribution < 1.29 is 19.5 Å². The number of carboxylic acids is 1. The molecule has 3 rings (SSSR count). The second-order valence-electron chi connectivity index (χ2n) is 11.7. The van der Waals surface area contributed by atoms with Gasteiger partial charge in [0.05, 0.1) is 18.7 Å². The second-order valence-corrected chi connectivity index (χ2v) is 11.7. The number of carbonyl (C=O) groups is 3. The zero-order chi connectivity index (χ0) is 25.8. The molecule has 1 aromatic carbocycles. The third-order valence-electron chi connectivity index (χ3n) is 7.54. The molecule has 1 heterocycles. The van der Waals surface area contributed by atoms with Gasteiger partial charge in [0.25, 0.3) is 11.8 Å². The molecule has 2 aliphatic rings. The lowest BCUT2D eigenvalue weighted by molar-refractivity contribution is -0.137. The van der Waals surface area contributed by atoms with E-state index < -0.39 is 11.6 Å². The average molecular weight is 484 g/mol. The summed E-state index contributed by atoms with van der Waals surface area (Å²) in [4.78, 5) is 43.2. The van der Waals surface area contributed by atoms with E-state index in [4.69, 9.17) is 10.1 Å². The van der Waals surface area contributed by atoms with Crippen LogP contribution in [0.2, 0.25) is 0 Å². The highest BCUT2D eigenvalue weighted by molar-refractivity contribution is 6.28. The van der Waals surface area contributed by atoms with Crippen molar-refractivity contribution in [3.63, 3.8) is 0 Å². The van der Waals surface area contributed by atoms with Crippen molar-refractivity contribution in [2.45, 2.75) is 91.3 Å². The summed E-state index contributed by atoms with van der Waals surface area (Å²) in [5.41, 5.74) is 1.12. The number of nitrogens with zero attached hydrogens (tertiary/aromatic N) is 2. The lowest BCUT2D eigenvalue weighted by atomic mass is 9.75. The van der Waals surface area contributed by atoms with Gasteiger partial charge in [-0.1, -0.05) is 46.8 Å². The fourth-order valence-electron chi connectivity index (χ4n) is 5.34. The highest BCUT2D eigenvalue weighted by Gasteiger charge is 2.48. The largest absolute Gasteiger partial charge is 0.481 e. The Hall–Kier alpha value is -2.70. The van der Waals surface area contributed by atoms with Gasteiger partial charge in [-0.25, -0.2) is 0 Å². The molecule has 0 aromatic heterocycles. The number of carbonyl (C=O) groups excluding carboxylic acids is 2. The molecule has 1 saturated carbocycles. The summed E-state index contributed by atoms with van der Waals surface area (Å²) in [7, 11) is 0. The molecule has 192 valence electrons. The van der Waals surface area contributed by atoms with Gasteiger partial charge in [0.15, 0.2) is 0 Å². The fourth-order valence-corrected chi connectivity index (χ4v) is 5.34. The second kappa shape index (κ2) is 10.9. The highest BCUT2D eigenvalue weighted by atomic mass is 16.4. The Morgan fingerprint density at radius 2 is 1.80 bits per heavy atom. The quantitative estimate of drug-likeness (QED) is 0.503. The van der Waals surface area contributed by atoms with Crippen LogP contribution in [0.4, 0.5) is 0 Å². The molecule has 1 fully saturated rings. The first-order chi connectivity index (χ1) is 16.4. The number of amides is 2. The summed E-state index contributed by atoms with van der Waals surface area (Å²) < 4.78 is 0. The van der Waals surface area contributed by atoms with Crippen molar-refractivity contribution in [2.75, 3.05) is 6.54 Å². The van der Waals surface area contributed by atoms with Gasteiger partial charge in [-0.15, -0.1) is 0 Å². The topological polar surface area (TPSA) is 99.1 Å². The Labute approximate surface area is 209 Å². The van der Waals surface area contributed by atoms with Crippen molar-refractivity contribution in [2.24, 2.45) is 22.2 Å². The first kappa shape index (κ1) is 26.9. The molecule has 1 aromatic rings. The van der Waals surface area contributed by atoms with Gasteiger partial charge in [0.2, 0.25) is 0 Å². The summed E-state index contributed by atoms with van der Waals surface area (Å²) in [5, 5.41) is 11.4. The first-order valence-corrected chi connectivity index (χ1v) is 12.9. The summed E-state index contributed by atoms with van der Waals surface area (Å²) in [5.74, 6) is 0.0276. The van der Waals surface area contributed by atoms with Crippen LogP contribution in [-0.4, -0.2) is 46.2 Å². The maximum atomic E-state index is 13.2. The van der Waals surface area contributed by atoms with E-state index in [0.717, 1.165) is 44.1 Å². The molecule has 0 unspecified atom stereocenters. The van der Waals surface area contributed by atoms with Gasteiger partial charge < -0.3 is 15.3 Å². The van der Waals surface area contributed by atoms with E-state index in [1.807, 2.05) is 17.0 Å². The molecule has 2 N–H and O–H groups in total. The van der Waals surface area contributed by atoms with Crippen LogP contribution in [0.5, 0.6) is 0 Å². The number of hydrogen-bond donors (Lipinski definition) is 2. The summed E-state index contributed by atoms with van der Waals surface area (Å²) in [6, 6.07) is 7.26. The van der Waals surface area contributed by atoms with E-state index in [9.17, 15) is 14.4 Å². The van der Waals surface area contributed by atoms with Crippen molar-refractivity contribution in [1.29, 1.82) is 0 Å². The lowest BCUT2D eigenvalue weighted by Gasteiger charge is -2.46. The van der Waals surface area contributed by atoms with Crippen LogP contribution in [-0.2, 0) is 9.59 Å². The molecule has 0 bridgehead atoms. The molecule has 0 saturated heterocycles. The van der Waals surface area contributed by atoms with E-state index >= 15 is 0 Å². The van der Waals surface area contributed by atoms with Crippen LogP contribution in [0.1, 0.15) is 102 Å². The molecule has 2 amide bonds. The lowest BCUT2D eigenvalue weighted by Crippen LogP contribution is -2.50. The molecular weight excluding hydrogens is 442 g/mol. The predicted octanol–water partition coefficient (Wildman–Crippen LogP) is 5.21. The normalized spacial score (nSPS) is 23.2. The number of hydrogen-bond acceptors (Lipinski definition) is 4. The van der Waals surface area contributed by atoms with E-state index in [1.165, 1.54) is 6.21 Å². The molecule has 1 aliphatic heterocycles. The van der Waals surface area contributed by atoms with Crippen LogP contribution in [0.3, 0.4) is 0 Å². The van der Waals surface area contributed by atoms with Crippen LogP contribution in [0.15, 0.2) is 29.3 Å². The number of rotatable bonds is 9. The third kappa shape index (κ3) is 6.71. The van der Waals surface area contributed by atoms with E-state index in [0.29, 0.717) is 17.4 Å². The van der Waals surface area contributed by atoms with Gasteiger partial charge in [-0.2, -0.15) is 0 Å². The molecule has 7 nitrogen and oxygen atoms in total. The standard InChI is InChI=1S/C28H41N3O4/c1-19(2)20-10-15-28(16-11-20)30-18-24(32)31(28)23(12-14-27(3,4)5)21-6-8-22(9-7-21)26(35)29-17-13-25(33)34/h6-9,18-20,23H,10-17H2,1-5H3,(H,29,35)(H,33,34)/t20?,23-,28?/m1/s1.